The van der Waals surface area contributed by atoms with E-state index in [9.17, 15) is 23.5 Å². The summed E-state index contributed by atoms with van der Waals surface area (Å²) in [5.41, 5.74) is 0. The molecule has 20 heavy (non-hydrogen) atoms. The van der Waals surface area contributed by atoms with Gasteiger partial charge in [0.15, 0.2) is 0 Å². The molecule has 0 unspecified atom stereocenters. The zero-order valence-electron chi connectivity index (χ0n) is 10.5. The van der Waals surface area contributed by atoms with Gasteiger partial charge in [0.05, 0.1) is 0 Å². The van der Waals surface area contributed by atoms with Gasteiger partial charge in [-0.05, 0) is 0 Å². The van der Waals surface area contributed by atoms with Crippen LogP contribution in [0.4, 0.5) is 0 Å². The minimum absolute atomic E-state index is 0. The van der Waals surface area contributed by atoms with Crippen LogP contribution >= 0.6 is 11.9 Å². The molecule has 0 fully saturated rings. The van der Waals surface area contributed by atoms with Crippen molar-refractivity contribution >= 4 is 11.9 Å². The van der Waals surface area contributed by atoms with Crippen LogP contribution in [0.3, 0.4) is 0 Å². The van der Waals surface area contributed by atoms with E-state index in [0.29, 0.717) is 0 Å². The van der Waals surface area contributed by atoms with Crippen LogP contribution in [0.2, 0.25) is 0 Å². The second-order valence-corrected chi connectivity index (χ2v) is 5.13. The van der Waals surface area contributed by atoms with Crippen molar-refractivity contribution in [2.75, 3.05) is 0 Å². The van der Waals surface area contributed by atoms with Crippen LogP contribution in [-0.4, -0.2) is 4.66 Å². The Kier molecular flexibility index (Phi) is 71.3. The molecule has 0 aromatic rings. The fourth-order valence-electron chi connectivity index (χ4n) is 0.102. The standard InChI is InChI=1S/ClHO3.ClO.ClH.2Cr.4Na.7O/c2-1(3)4;1-2;;;;;;;;;;;;;;/h2H;;1H;;;;;;;;;;;;;/q;-1;;;;4*+1;;;;;;2*-1/p-1. The fraction of sp³-hybridized carbons (Fsp3) is 0. The summed E-state index contributed by atoms with van der Waals surface area (Å²) >= 11 is -8.75. The summed E-state index contributed by atoms with van der Waals surface area (Å²) in [4.78, 5) is 0. The third kappa shape index (κ3) is 92.6. The Hall–Kier alpha value is 4.85. The molecule has 0 radical (unpaired) electrons. The molecule has 0 heterocycles. The second kappa shape index (κ2) is 28.6. The van der Waals surface area contributed by atoms with Crippen LogP contribution < -0.4 is 153 Å². The molecule has 0 spiro atoms. The van der Waals surface area contributed by atoms with Crippen molar-refractivity contribution in [3.05, 3.63) is 0 Å². The Morgan fingerprint density at radius 3 is 0.950 bits per heavy atom. The summed E-state index contributed by atoms with van der Waals surface area (Å²) in [5.74, 6) is 0. The third-order valence-electron chi connectivity index (χ3n) is 0.167. The molecule has 20 heteroatoms. The zero-order valence-corrected chi connectivity index (χ0v) is 23.3. The molecule has 0 aliphatic heterocycles. The minimum atomic E-state index is -6.07. The first kappa shape index (κ1) is 49.8. The van der Waals surface area contributed by atoms with Crippen LogP contribution in [0.15, 0.2) is 0 Å². The normalized spacial score (nSPS) is 8.20. The maximum atomic E-state index is 9.38. The van der Waals surface area contributed by atoms with Crippen molar-refractivity contribution in [3.8, 4) is 0 Å². The van der Waals surface area contributed by atoms with Gasteiger partial charge in [0, 0.05) is 4.66 Å². The van der Waals surface area contributed by atoms with Crippen LogP contribution in [0.1, 0.15) is 0 Å². The summed E-state index contributed by atoms with van der Waals surface area (Å²) in [7, 11) is -2.60. The summed E-state index contributed by atoms with van der Waals surface area (Å²) < 4.78 is 90.6. The molecule has 0 saturated carbocycles. The SMILES string of the molecule is [Cl-].[Na+].[Na+].[Na+].[Na+].[O-]Cl.[O-][Cl+2]([O-])O.[O]=[Cr](=[O])([O-])[O][Cr](=[O])(=[O])[O-]. The molecule has 0 aliphatic carbocycles. The molecule has 0 atom stereocenters. The summed E-state index contributed by atoms with van der Waals surface area (Å²) in [6, 6.07) is 0. The molecule has 11 nitrogen and oxygen atoms in total. The van der Waals surface area contributed by atoms with Crippen molar-refractivity contribution in [1.82, 2.24) is 0 Å². The summed E-state index contributed by atoms with van der Waals surface area (Å²) in [6.45, 7) is 0. The first-order valence-corrected chi connectivity index (χ1v) is 7.39. The number of hydrogen-bond donors (Lipinski definition) is 1. The molecule has 0 amide bonds. The van der Waals surface area contributed by atoms with Crippen molar-refractivity contribution in [1.29, 1.82) is 0 Å². The summed E-state index contributed by atoms with van der Waals surface area (Å²) in [6.07, 6.45) is 0. The first-order valence-electron chi connectivity index (χ1n) is 1.97. The van der Waals surface area contributed by atoms with E-state index < -0.39 is 38.0 Å². The molecule has 104 valence electrons. The number of rotatable bonds is 2. The van der Waals surface area contributed by atoms with Crippen LogP contribution in [0, 0.1) is 10.8 Å². The van der Waals surface area contributed by atoms with E-state index in [1.54, 1.807) is 0 Å². The van der Waals surface area contributed by atoms with Crippen molar-refractivity contribution < 1.29 is 214 Å². The Labute approximate surface area is 221 Å². The molecule has 0 aromatic heterocycles. The van der Waals surface area contributed by atoms with Gasteiger partial charge in [-0.2, -0.15) is 0 Å². The van der Waals surface area contributed by atoms with Gasteiger partial charge >= 0.3 is 172 Å². The zero-order chi connectivity index (χ0) is 13.3. The Morgan fingerprint density at radius 2 is 0.950 bits per heavy atom. The van der Waals surface area contributed by atoms with Crippen LogP contribution in [-0.2, 0) is 45.3 Å². The Morgan fingerprint density at radius 1 is 0.850 bits per heavy atom. The van der Waals surface area contributed by atoms with E-state index in [-0.39, 0.29) is 131 Å². The quantitative estimate of drug-likeness (QED) is 0.367. The number of hydrogen-bond acceptors (Lipinski definition) is 11. The van der Waals surface area contributed by atoms with Gasteiger partial charge < -0.3 is 26.4 Å². The maximum absolute atomic E-state index is 9.38. The van der Waals surface area contributed by atoms with Crippen molar-refractivity contribution in [2.24, 2.45) is 0 Å². The predicted octanol–water partition coefficient (Wildman–Crippen LogP) is -21.3. The van der Waals surface area contributed by atoms with Gasteiger partial charge in [0.2, 0.25) is 0 Å². The van der Waals surface area contributed by atoms with E-state index >= 15 is 0 Å². The molecule has 0 aliphatic rings. The average Bonchev–Trinajstić information content (AvgIpc) is 1.81. The first-order chi connectivity index (χ1) is 6.44. The van der Waals surface area contributed by atoms with E-state index in [1.807, 2.05) is 0 Å². The fourth-order valence-corrected chi connectivity index (χ4v) is 1.74. The molecule has 0 aromatic carbocycles. The molecule has 0 bridgehead atoms. The predicted molar refractivity (Wildman–Crippen MR) is 11.9 cm³/mol. The van der Waals surface area contributed by atoms with Crippen molar-refractivity contribution in [3.63, 3.8) is 0 Å². The second-order valence-electron chi connectivity index (χ2n) is 1.09. The Bertz CT molecular complexity index is 293. The average molecular weight is 479 g/mol. The van der Waals surface area contributed by atoms with Crippen molar-refractivity contribution in [2.45, 2.75) is 0 Å². The van der Waals surface area contributed by atoms with Crippen LogP contribution in [0.5, 0.6) is 0 Å². The molecular weight excluding hydrogens is 478 g/mol. The molecule has 1 N–H and O–H groups in total. The Balaban J connectivity index is -0.0000000194. The molecular formula is HCl3Cr2Na4O11. The monoisotopic (exact) mass is 478 g/mol. The molecule has 0 saturated heterocycles. The van der Waals surface area contributed by atoms with Gasteiger partial charge in [-0.25, -0.2) is 11.9 Å². The van der Waals surface area contributed by atoms with Gasteiger partial charge in [0.25, 0.3) is 10.8 Å². The van der Waals surface area contributed by atoms with Gasteiger partial charge in [-0.1, -0.05) is 0 Å². The molecule has 0 rings (SSSR count). The number of halogens is 3. The van der Waals surface area contributed by atoms with Gasteiger partial charge in [-0.3, -0.25) is 0 Å². The van der Waals surface area contributed by atoms with Gasteiger partial charge in [0.1, 0.15) is 0 Å². The topological polar surface area (TPSA) is 213 Å². The van der Waals surface area contributed by atoms with Gasteiger partial charge in [-0.15, -0.1) is 0 Å². The third-order valence-corrected chi connectivity index (χ3v) is 2.83. The van der Waals surface area contributed by atoms with E-state index in [4.69, 9.17) is 18.6 Å². The van der Waals surface area contributed by atoms with E-state index in [2.05, 4.69) is 14.7 Å². The van der Waals surface area contributed by atoms with E-state index in [1.165, 1.54) is 0 Å². The van der Waals surface area contributed by atoms with Crippen LogP contribution in [0.25, 0.3) is 0 Å². The van der Waals surface area contributed by atoms with E-state index in [0.717, 1.165) is 0 Å². The summed E-state index contributed by atoms with van der Waals surface area (Å²) in [5, 5.41) is 0.